The number of ketones is 1. The van der Waals surface area contributed by atoms with Crippen molar-refractivity contribution in [2.75, 3.05) is 13.2 Å². The average molecular weight is 245 g/mol. The third-order valence-corrected chi connectivity index (χ3v) is 1.56. The monoisotopic (exact) mass is 245 g/mol. The summed E-state index contributed by atoms with van der Waals surface area (Å²) in [5, 5.41) is 27.2. The second kappa shape index (κ2) is 5.77. The Balaban J connectivity index is 4.13. The lowest BCUT2D eigenvalue weighted by atomic mass is 10.1. The Morgan fingerprint density at radius 3 is 2.12 bits per heavy atom. The molecule has 0 saturated carbocycles. The zero-order chi connectivity index (χ0) is 12.9. The minimum absolute atomic E-state index is 0.930. The standard InChI is InChI=1S/C7H10F3NO5/c8-7(9,10)6(16)11-1-3(13)5(15)4(14)2-12/h4-5,12,14-15H,1-2H2,(H,11,16)/t4?,5-/m0/s1. The van der Waals surface area contributed by atoms with Gasteiger partial charge in [-0.25, -0.2) is 0 Å². The van der Waals surface area contributed by atoms with E-state index in [4.69, 9.17) is 15.3 Å². The van der Waals surface area contributed by atoms with Crippen LogP contribution in [-0.2, 0) is 9.59 Å². The molecule has 0 heterocycles. The Morgan fingerprint density at radius 1 is 1.25 bits per heavy atom. The van der Waals surface area contributed by atoms with Crippen molar-refractivity contribution >= 4 is 11.7 Å². The van der Waals surface area contributed by atoms with Crippen molar-refractivity contribution in [2.45, 2.75) is 18.4 Å². The molecule has 94 valence electrons. The first kappa shape index (κ1) is 14.8. The second-order valence-electron chi connectivity index (χ2n) is 2.84. The number of halogens is 3. The van der Waals surface area contributed by atoms with Gasteiger partial charge in [0.15, 0.2) is 5.78 Å². The van der Waals surface area contributed by atoms with Crippen molar-refractivity contribution in [3.8, 4) is 0 Å². The summed E-state index contributed by atoms with van der Waals surface area (Å²) in [5.41, 5.74) is 0. The fourth-order valence-corrected chi connectivity index (χ4v) is 0.687. The van der Waals surface area contributed by atoms with Crippen molar-refractivity contribution in [3.05, 3.63) is 0 Å². The van der Waals surface area contributed by atoms with Crippen LogP contribution in [0.4, 0.5) is 13.2 Å². The van der Waals surface area contributed by atoms with E-state index in [1.165, 1.54) is 5.32 Å². The number of aliphatic hydroxyl groups is 3. The van der Waals surface area contributed by atoms with Crippen molar-refractivity contribution in [2.24, 2.45) is 0 Å². The van der Waals surface area contributed by atoms with Gasteiger partial charge >= 0.3 is 12.1 Å². The summed E-state index contributed by atoms with van der Waals surface area (Å²) in [6.07, 6.45) is -8.96. The van der Waals surface area contributed by atoms with E-state index in [-0.39, 0.29) is 0 Å². The molecule has 1 amide bonds. The van der Waals surface area contributed by atoms with Gasteiger partial charge in [-0.1, -0.05) is 0 Å². The first-order chi connectivity index (χ1) is 7.20. The van der Waals surface area contributed by atoms with Crippen LogP contribution in [0, 0.1) is 0 Å². The normalized spacial score (nSPS) is 15.4. The van der Waals surface area contributed by atoms with Gasteiger partial charge in [-0.05, 0) is 0 Å². The quantitative estimate of drug-likeness (QED) is 0.446. The van der Waals surface area contributed by atoms with Crippen molar-refractivity contribution in [1.29, 1.82) is 0 Å². The largest absolute Gasteiger partial charge is 0.471 e. The number of carbonyl (C=O) groups is 2. The topological polar surface area (TPSA) is 107 Å². The molecule has 0 spiro atoms. The van der Waals surface area contributed by atoms with Crippen LogP contribution in [0.3, 0.4) is 0 Å². The molecule has 6 nitrogen and oxygen atoms in total. The molecule has 0 aliphatic carbocycles. The molecule has 0 rings (SSSR count). The number of Topliss-reactive ketones (excluding diaryl/α,β-unsaturated/α-hetero) is 1. The highest BCUT2D eigenvalue weighted by atomic mass is 19.4. The number of hydrogen-bond acceptors (Lipinski definition) is 5. The number of amides is 1. The molecule has 1 unspecified atom stereocenters. The maximum Gasteiger partial charge on any atom is 0.471 e. The first-order valence-electron chi connectivity index (χ1n) is 4.05. The fraction of sp³-hybridized carbons (Fsp3) is 0.714. The van der Waals surface area contributed by atoms with Gasteiger partial charge < -0.3 is 20.6 Å². The molecule has 0 saturated heterocycles. The number of alkyl halides is 3. The molecule has 2 atom stereocenters. The predicted molar refractivity (Wildman–Crippen MR) is 43.2 cm³/mol. The van der Waals surface area contributed by atoms with E-state index in [1.54, 1.807) is 0 Å². The van der Waals surface area contributed by atoms with E-state index in [0.717, 1.165) is 0 Å². The molecule has 16 heavy (non-hydrogen) atoms. The Kier molecular flexibility index (Phi) is 5.35. The Morgan fingerprint density at radius 2 is 1.75 bits per heavy atom. The summed E-state index contributed by atoms with van der Waals surface area (Å²) < 4.78 is 35.0. The summed E-state index contributed by atoms with van der Waals surface area (Å²) in [6, 6.07) is 0. The van der Waals surface area contributed by atoms with Crippen LogP contribution in [0.1, 0.15) is 0 Å². The van der Waals surface area contributed by atoms with Crippen LogP contribution < -0.4 is 5.32 Å². The van der Waals surface area contributed by atoms with Crippen molar-refractivity contribution in [3.63, 3.8) is 0 Å². The van der Waals surface area contributed by atoms with E-state index in [0.29, 0.717) is 0 Å². The Bertz CT molecular complexity index is 267. The highest BCUT2D eigenvalue weighted by Crippen LogP contribution is 2.13. The number of hydrogen-bond donors (Lipinski definition) is 4. The molecule has 0 fully saturated rings. The second-order valence-corrected chi connectivity index (χ2v) is 2.84. The highest BCUT2D eigenvalue weighted by Gasteiger charge is 2.39. The van der Waals surface area contributed by atoms with Crippen molar-refractivity contribution in [1.82, 2.24) is 5.32 Å². The van der Waals surface area contributed by atoms with Crippen LogP contribution in [0.2, 0.25) is 0 Å². The molecule has 9 heteroatoms. The lowest BCUT2D eigenvalue weighted by Crippen LogP contribution is -2.45. The molecule has 4 N–H and O–H groups in total. The van der Waals surface area contributed by atoms with Crippen LogP contribution >= 0.6 is 0 Å². The number of aliphatic hydroxyl groups excluding tert-OH is 3. The van der Waals surface area contributed by atoms with Crippen LogP contribution in [-0.4, -0.2) is 58.5 Å². The van der Waals surface area contributed by atoms with Gasteiger partial charge in [0, 0.05) is 0 Å². The zero-order valence-corrected chi connectivity index (χ0v) is 7.86. The van der Waals surface area contributed by atoms with E-state index >= 15 is 0 Å². The van der Waals surface area contributed by atoms with E-state index in [2.05, 4.69) is 0 Å². The molecule has 0 aliphatic rings. The minimum Gasteiger partial charge on any atom is -0.394 e. The summed E-state index contributed by atoms with van der Waals surface area (Å²) >= 11 is 0. The van der Waals surface area contributed by atoms with E-state index in [1.807, 2.05) is 0 Å². The molecule has 0 aliphatic heterocycles. The lowest BCUT2D eigenvalue weighted by Gasteiger charge is -2.14. The predicted octanol–water partition coefficient (Wildman–Crippen LogP) is -2.05. The third-order valence-electron chi connectivity index (χ3n) is 1.56. The van der Waals surface area contributed by atoms with E-state index < -0.39 is 43.2 Å². The van der Waals surface area contributed by atoms with Gasteiger partial charge in [0.25, 0.3) is 0 Å². The fourth-order valence-electron chi connectivity index (χ4n) is 0.687. The SMILES string of the molecule is O=C(CNC(=O)C(F)(F)F)[C@H](O)C(O)CO. The summed E-state index contributed by atoms with van der Waals surface area (Å²) in [5.74, 6) is -3.56. The number of nitrogens with one attached hydrogen (secondary N) is 1. The molecule has 0 bridgehead atoms. The van der Waals surface area contributed by atoms with Gasteiger partial charge in [0.1, 0.15) is 12.2 Å². The smallest absolute Gasteiger partial charge is 0.394 e. The van der Waals surface area contributed by atoms with Gasteiger partial charge in [0.05, 0.1) is 13.2 Å². The summed E-state index contributed by atoms with van der Waals surface area (Å²) in [4.78, 5) is 21.1. The molecule has 0 aromatic carbocycles. The molecule has 0 aromatic heterocycles. The Hall–Kier alpha value is -1.19. The van der Waals surface area contributed by atoms with Crippen LogP contribution in [0.15, 0.2) is 0 Å². The van der Waals surface area contributed by atoms with Gasteiger partial charge in [0.2, 0.25) is 0 Å². The highest BCUT2D eigenvalue weighted by molar-refractivity contribution is 5.90. The van der Waals surface area contributed by atoms with Gasteiger partial charge in [-0.15, -0.1) is 0 Å². The molecule has 0 aromatic rings. The average Bonchev–Trinajstić information content (AvgIpc) is 2.21. The third kappa shape index (κ3) is 4.55. The minimum atomic E-state index is -5.12. The summed E-state index contributed by atoms with van der Waals surface area (Å²) in [6.45, 7) is -2.02. The first-order valence-corrected chi connectivity index (χ1v) is 4.05. The molecular weight excluding hydrogens is 235 g/mol. The maximum atomic E-state index is 11.7. The molecule has 0 radical (unpaired) electrons. The maximum absolute atomic E-state index is 11.7. The number of carbonyl (C=O) groups excluding carboxylic acids is 2. The van der Waals surface area contributed by atoms with Crippen LogP contribution in [0.5, 0.6) is 0 Å². The van der Waals surface area contributed by atoms with Crippen LogP contribution in [0.25, 0.3) is 0 Å². The lowest BCUT2D eigenvalue weighted by molar-refractivity contribution is -0.174. The number of rotatable bonds is 5. The summed E-state index contributed by atoms with van der Waals surface area (Å²) in [7, 11) is 0. The van der Waals surface area contributed by atoms with Crippen molar-refractivity contribution < 1.29 is 38.1 Å². The van der Waals surface area contributed by atoms with Gasteiger partial charge in [-0.2, -0.15) is 13.2 Å². The van der Waals surface area contributed by atoms with Gasteiger partial charge in [-0.3, -0.25) is 9.59 Å². The van der Waals surface area contributed by atoms with E-state index in [9.17, 15) is 22.8 Å². The zero-order valence-electron chi connectivity index (χ0n) is 7.86. The molecular formula is C7H10F3NO5. The Labute approximate surface area is 87.7 Å².